The highest BCUT2D eigenvalue weighted by molar-refractivity contribution is 5.79. The van der Waals surface area contributed by atoms with Crippen LogP contribution in [0.15, 0.2) is 36.5 Å². The third-order valence-electron chi connectivity index (χ3n) is 2.40. The number of hydrogen-bond donors (Lipinski definition) is 1. The third-order valence-corrected chi connectivity index (χ3v) is 2.40. The SMILES string of the molecule is COC(=O)NCCOc1ccc2ncccc2c1. The molecule has 5 heteroatoms. The summed E-state index contributed by atoms with van der Waals surface area (Å²) in [6, 6.07) is 9.53. The van der Waals surface area contributed by atoms with Crippen LogP contribution in [-0.2, 0) is 4.74 Å². The molecule has 2 aromatic rings. The molecule has 1 aromatic heterocycles. The first kappa shape index (κ1) is 12.2. The van der Waals surface area contributed by atoms with Crippen molar-refractivity contribution < 1.29 is 14.3 Å². The van der Waals surface area contributed by atoms with Crippen molar-refractivity contribution in [3.8, 4) is 5.75 Å². The molecule has 0 fully saturated rings. The van der Waals surface area contributed by atoms with E-state index >= 15 is 0 Å². The first-order chi connectivity index (χ1) is 8.79. The number of benzene rings is 1. The quantitative estimate of drug-likeness (QED) is 0.838. The number of alkyl carbamates (subject to hydrolysis) is 1. The van der Waals surface area contributed by atoms with Gasteiger partial charge in [0.15, 0.2) is 0 Å². The summed E-state index contributed by atoms with van der Waals surface area (Å²) in [6.07, 6.45) is 1.30. The van der Waals surface area contributed by atoms with Gasteiger partial charge < -0.3 is 14.8 Å². The first-order valence-corrected chi connectivity index (χ1v) is 5.59. The third kappa shape index (κ3) is 3.10. The zero-order valence-corrected chi connectivity index (χ0v) is 10.1. The summed E-state index contributed by atoms with van der Waals surface area (Å²) in [6.45, 7) is 0.790. The monoisotopic (exact) mass is 246 g/mol. The zero-order chi connectivity index (χ0) is 12.8. The lowest BCUT2D eigenvalue weighted by Gasteiger charge is -2.07. The summed E-state index contributed by atoms with van der Waals surface area (Å²) in [5.74, 6) is 0.752. The van der Waals surface area contributed by atoms with Gasteiger partial charge >= 0.3 is 6.09 Å². The van der Waals surface area contributed by atoms with E-state index in [-0.39, 0.29) is 0 Å². The van der Waals surface area contributed by atoms with Gasteiger partial charge in [-0.15, -0.1) is 0 Å². The number of methoxy groups -OCH3 is 1. The summed E-state index contributed by atoms with van der Waals surface area (Å²) in [5, 5.41) is 3.57. The van der Waals surface area contributed by atoms with E-state index in [1.54, 1.807) is 6.20 Å². The maximum Gasteiger partial charge on any atom is 0.406 e. The number of carbonyl (C=O) groups is 1. The Kier molecular flexibility index (Phi) is 3.96. The lowest BCUT2D eigenvalue weighted by atomic mass is 10.2. The summed E-state index contributed by atoms with van der Waals surface area (Å²) < 4.78 is 9.96. The summed E-state index contributed by atoms with van der Waals surface area (Å²) in [4.78, 5) is 15.0. The largest absolute Gasteiger partial charge is 0.492 e. The van der Waals surface area contributed by atoms with Crippen LogP contribution in [0.3, 0.4) is 0 Å². The molecule has 0 saturated heterocycles. The molecule has 1 amide bonds. The maximum atomic E-state index is 10.8. The molecular formula is C13H14N2O3. The van der Waals surface area contributed by atoms with E-state index < -0.39 is 6.09 Å². The molecule has 0 atom stereocenters. The van der Waals surface area contributed by atoms with Crippen molar-refractivity contribution in [1.82, 2.24) is 10.3 Å². The molecule has 1 N–H and O–H groups in total. The van der Waals surface area contributed by atoms with Gasteiger partial charge in [-0.3, -0.25) is 4.98 Å². The number of hydrogen-bond acceptors (Lipinski definition) is 4. The van der Waals surface area contributed by atoms with Gasteiger partial charge in [0.05, 0.1) is 19.2 Å². The van der Waals surface area contributed by atoms with Crippen LogP contribution in [0.2, 0.25) is 0 Å². The summed E-state index contributed by atoms with van der Waals surface area (Å²) in [5.41, 5.74) is 0.928. The van der Waals surface area contributed by atoms with Gasteiger partial charge in [0.25, 0.3) is 0 Å². The lowest BCUT2D eigenvalue weighted by Crippen LogP contribution is -2.27. The molecule has 5 nitrogen and oxygen atoms in total. The van der Waals surface area contributed by atoms with Gasteiger partial charge in [-0.1, -0.05) is 6.07 Å². The lowest BCUT2D eigenvalue weighted by molar-refractivity contribution is 0.168. The topological polar surface area (TPSA) is 60.5 Å². The second kappa shape index (κ2) is 5.86. The summed E-state index contributed by atoms with van der Waals surface area (Å²) in [7, 11) is 1.33. The van der Waals surface area contributed by atoms with Gasteiger partial charge in [-0.25, -0.2) is 4.79 Å². The fourth-order valence-electron chi connectivity index (χ4n) is 1.54. The second-order valence-electron chi connectivity index (χ2n) is 3.62. The van der Waals surface area contributed by atoms with E-state index in [0.29, 0.717) is 13.2 Å². The highest BCUT2D eigenvalue weighted by Crippen LogP contribution is 2.18. The zero-order valence-electron chi connectivity index (χ0n) is 10.1. The fourth-order valence-corrected chi connectivity index (χ4v) is 1.54. The number of carbonyl (C=O) groups excluding carboxylic acids is 1. The van der Waals surface area contributed by atoms with E-state index in [4.69, 9.17) is 4.74 Å². The van der Waals surface area contributed by atoms with Crippen LogP contribution in [0.25, 0.3) is 10.9 Å². The van der Waals surface area contributed by atoms with Gasteiger partial charge in [0.1, 0.15) is 12.4 Å². The minimum atomic E-state index is -0.457. The Balaban J connectivity index is 1.90. The maximum absolute atomic E-state index is 10.8. The molecule has 0 saturated carbocycles. The highest BCUT2D eigenvalue weighted by Gasteiger charge is 1.99. The predicted molar refractivity (Wildman–Crippen MR) is 67.6 cm³/mol. The van der Waals surface area contributed by atoms with Crippen molar-refractivity contribution in [3.05, 3.63) is 36.5 Å². The van der Waals surface area contributed by atoms with Crippen LogP contribution < -0.4 is 10.1 Å². The second-order valence-corrected chi connectivity index (χ2v) is 3.62. The molecule has 0 aliphatic heterocycles. The Morgan fingerprint density at radius 1 is 1.39 bits per heavy atom. The Hall–Kier alpha value is -2.30. The Bertz CT molecular complexity index is 543. The van der Waals surface area contributed by atoms with E-state index in [0.717, 1.165) is 16.7 Å². The smallest absolute Gasteiger partial charge is 0.406 e. The molecule has 0 unspecified atom stereocenters. The molecule has 0 spiro atoms. The fraction of sp³-hybridized carbons (Fsp3) is 0.231. The van der Waals surface area contributed by atoms with Crippen molar-refractivity contribution in [2.75, 3.05) is 20.3 Å². The van der Waals surface area contributed by atoms with E-state index in [1.807, 2.05) is 30.3 Å². The number of ether oxygens (including phenoxy) is 2. The molecule has 0 radical (unpaired) electrons. The Labute approximate surface area is 105 Å². The van der Waals surface area contributed by atoms with E-state index in [1.165, 1.54) is 7.11 Å². The molecule has 0 aliphatic rings. The minimum Gasteiger partial charge on any atom is -0.492 e. The first-order valence-electron chi connectivity index (χ1n) is 5.59. The Morgan fingerprint density at radius 3 is 3.11 bits per heavy atom. The predicted octanol–water partition coefficient (Wildman–Crippen LogP) is 1.97. The minimum absolute atomic E-state index is 0.390. The number of aromatic nitrogens is 1. The van der Waals surface area contributed by atoms with Crippen LogP contribution in [0.4, 0.5) is 4.79 Å². The molecule has 1 heterocycles. The average molecular weight is 246 g/mol. The van der Waals surface area contributed by atoms with Crippen LogP contribution in [0.1, 0.15) is 0 Å². The van der Waals surface area contributed by atoms with Gasteiger partial charge in [-0.05, 0) is 24.3 Å². The molecule has 94 valence electrons. The molecule has 18 heavy (non-hydrogen) atoms. The summed E-state index contributed by atoms with van der Waals surface area (Å²) >= 11 is 0. The number of amides is 1. The number of pyridine rings is 1. The molecule has 0 aliphatic carbocycles. The highest BCUT2D eigenvalue weighted by atomic mass is 16.5. The molecule has 2 rings (SSSR count). The molecular weight excluding hydrogens is 232 g/mol. The molecule has 0 bridgehead atoms. The van der Waals surface area contributed by atoms with Crippen LogP contribution >= 0.6 is 0 Å². The number of rotatable bonds is 4. The molecule has 1 aromatic carbocycles. The van der Waals surface area contributed by atoms with Crippen molar-refractivity contribution in [2.24, 2.45) is 0 Å². The van der Waals surface area contributed by atoms with Crippen molar-refractivity contribution in [1.29, 1.82) is 0 Å². The number of nitrogens with one attached hydrogen (secondary N) is 1. The van der Waals surface area contributed by atoms with E-state index in [2.05, 4.69) is 15.0 Å². The van der Waals surface area contributed by atoms with Gasteiger partial charge in [0.2, 0.25) is 0 Å². The number of fused-ring (bicyclic) bond motifs is 1. The van der Waals surface area contributed by atoms with Gasteiger partial charge in [0, 0.05) is 11.6 Å². The standard InChI is InChI=1S/C13H14N2O3/c1-17-13(16)15-7-8-18-11-4-5-12-10(9-11)3-2-6-14-12/h2-6,9H,7-8H2,1H3,(H,15,16). The number of nitrogens with zero attached hydrogens (tertiary/aromatic N) is 1. The van der Waals surface area contributed by atoms with Crippen molar-refractivity contribution in [3.63, 3.8) is 0 Å². The van der Waals surface area contributed by atoms with Crippen LogP contribution in [0, 0.1) is 0 Å². The average Bonchev–Trinajstić information content (AvgIpc) is 2.43. The van der Waals surface area contributed by atoms with Gasteiger partial charge in [-0.2, -0.15) is 0 Å². The van der Waals surface area contributed by atoms with Crippen LogP contribution in [0.5, 0.6) is 5.75 Å². The Morgan fingerprint density at radius 2 is 2.28 bits per heavy atom. The van der Waals surface area contributed by atoms with Crippen LogP contribution in [-0.4, -0.2) is 31.3 Å². The van der Waals surface area contributed by atoms with E-state index in [9.17, 15) is 4.79 Å². The van der Waals surface area contributed by atoms with Crippen molar-refractivity contribution >= 4 is 17.0 Å². The normalized spacial score (nSPS) is 10.1. The van der Waals surface area contributed by atoms with Crippen molar-refractivity contribution in [2.45, 2.75) is 0 Å².